The van der Waals surface area contributed by atoms with E-state index in [4.69, 9.17) is 5.26 Å². The van der Waals surface area contributed by atoms with Crippen molar-refractivity contribution in [2.75, 3.05) is 11.4 Å². The van der Waals surface area contributed by atoms with Crippen LogP contribution in [0, 0.1) is 11.3 Å². The first kappa shape index (κ1) is 13.1. The van der Waals surface area contributed by atoms with Crippen LogP contribution in [0.15, 0.2) is 42.6 Å². The number of benzene rings is 1. The molecule has 1 aromatic heterocycles. The van der Waals surface area contributed by atoms with Crippen LogP contribution in [-0.2, 0) is 11.3 Å². The van der Waals surface area contributed by atoms with Gasteiger partial charge in [-0.05, 0) is 23.3 Å². The van der Waals surface area contributed by atoms with Crippen molar-refractivity contribution in [1.82, 2.24) is 4.98 Å². The van der Waals surface area contributed by atoms with Gasteiger partial charge < -0.3 is 10.0 Å². The Kier molecular flexibility index (Phi) is 3.28. The van der Waals surface area contributed by atoms with Crippen molar-refractivity contribution in [2.24, 2.45) is 0 Å². The van der Waals surface area contributed by atoms with Gasteiger partial charge in [0, 0.05) is 19.3 Å². The van der Waals surface area contributed by atoms with Crippen molar-refractivity contribution >= 4 is 11.7 Å². The minimum atomic E-state index is -0.852. The minimum absolute atomic E-state index is 0.320. The molecule has 104 valence electrons. The minimum Gasteiger partial charge on any atom is -0.481 e. The molecule has 3 rings (SSSR count). The fourth-order valence-corrected chi connectivity index (χ4v) is 2.74. The predicted molar refractivity (Wildman–Crippen MR) is 76.8 cm³/mol. The zero-order chi connectivity index (χ0) is 14.8. The molecule has 5 nitrogen and oxygen atoms in total. The molecule has 5 heteroatoms. The van der Waals surface area contributed by atoms with Gasteiger partial charge in [0.2, 0.25) is 0 Å². The third-order valence-corrected chi connectivity index (χ3v) is 3.73. The molecule has 0 saturated carbocycles. The lowest BCUT2D eigenvalue weighted by Gasteiger charge is -2.34. The van der Waals surface area contributed by atoms with Crippen LogP contribution in [0.2, 0.25) is 0 Å². The van der Waals surface area contributed by atoms with Crippen molar-refractivity contribution in [3.05, 3.63) is 59.4 Å². The molecule has 0 amide bonds. The van der Waals surface area contributed by atoms with Crippen molar-refractivity contribution in [3.63, 3.8) is 0 Å². The molecule has 0 fully saturated rings. The Balaban J connectivity index is 2.05. The second kappa shape index (κ2) is 5.25. The monoisotopic (exact) mass is 279 g/mol. The van der Waals surface area contributed by atoms with Crippen molar-refractivity contribution in [2.45, 2.75) is 12.5 Å². The van der Waals surface area contributed by atoms with E-state index in [0.717, 1.165) is 11.1 Å². The van der Waals surface area contributed by atoms with Gasteiger partial charge in [0.05, 0.1) is 11.6 Å². The van der Waals surface area contributed by atoms with E-state index < -0.39 is 11.9 Å². The molecule has 1 aliphatic heterocycles. The van der Waals surface area contributed by atoms with Gasteiger partial charge in [0.15, 0.2) is 5.69 Å². The number of aromatic nitrogens is 1. The summed E-state index contributed by atoms with van der Waals surface area (Å²) in [6.07, 6.45) is 1.56. The molecule has 1 atom stereocenters. The first-order valence-electron chi connectivity index (χ1n) is 6.61. The molecule has 1 aliphatic rings. The molecule has 0 saturated heterocycles. The van der Waals surface area contributed by atoms with Crippen molar-refractivity contribution in [3.8, 4) is 6.07 Å². The molecule has 2 heterocycles. The van der Waals surface area contributed by atoms with Crippen molar-refractivity contribution in [1.29, 1.82) is 5.26 Å². The summed E-state index contributed by atoms with van der Waals surface area (Å²) >= 11 is 0. The van der Waals surface area contributed by atoms with E-state index in [1.165, 1.54) is 0 Å². The Morgan fingerprint density at radius 3 is 2.90 bits per heavy atom. The number of anilines is 1. The highest BCUT2D eigenvalue weighted by Crippen LogP contribution is 2.32. The van der Waals surface area contributed by atoms with E-state index >= 15 is 0 Å². The maximum absolute atomic E-state index is 11.5. The number of fused-ring (bicyclic) bond motifs is 1. The van der Waals surface area contributed by atoms with E-state index in [9.17, 15) is 9.90 Å². The summed E-state index contributed by atoms with van der Waals surface area (Å²) in [7, 11) is 0. The third-order valence-electron chi connectivity index (χ3n) is 3.73. The lowest BCUT2D eigenvalue weighted by atomic mass is 9.89. The lowest BCUT2D eigenvalue weighted by Crippen LogP contribution is -2.37. The average Bonchev–Trinajstić information content (AvgIpc) is 2.53. The molecule has 0 bridgehead atoms. The molecule has 1 aromatic carbocycles. The summed E-state index contributed by atoms with van der Waals surface area (Å²) < 4.78 is 0. The van der Waals surface area contributed by atoms with E-state index in [-0.39, 0.29) is 0 Å². The van der Waals surface area contributed by atoms with Crippen LogP contribution in [0.1, 0.15) is 22.7 Å². The summed E-state index contributed by atoms with van der Waals surface area (Å²) in [6.45, 7) is 0.924. The van der Waals surface area contributed by atoms with Crippen LogP contribution < -0.4 is 4.90 Å². The standard InChI is InChI=1S/C16H13N3O2/c17-8-14-15(6-3-7-18-14)19-9-11-4-1-2-5-12(11)13(10-19)16(20)21/h1-7,13H,9-10H2,(H,20,21). The van der Waals surface area contributed by atoms with Crippen LogP contribution in [-0.4, -0.2) is 22.6 Å². The number of hydrogen-bond acceptors (Lipinski definition) is 4. The zero-order valence-corrected chi connectivity index (χ0v) is 11.2. The number of pyridine rings is 1. The number of carboxylic acid groups (broad SMARTS) is 1. The van der Waals surface area contributed by atoms with E-state index in [2.05, 4.69) is 11.1 Å². The van der Waals surface area contributed by atoms with Crippen LogP contribution in [0.3, 0.4) is 0 Å². The Morgan fingerprint density at radius 1 is 1.33 bits per heavy atom. The number of carbonyl (C=O) groups is 1. The second-order valence-corrected chi connectivity index (χ2v) is 4.95. The van der Waals surface area contributed by atoms with Gasteiger partial charge >= 0.3 is 5.97 Å². The summed E-state index contributed by atoms with van der Waals surface area (Å²) in [4.78, 5) is 17.5. The Hall–Kier alpha value is -2.87. The van der Waals surface area contributed by atoms with Gasteiger partial charge in [-0.3, -0.25) is 4.79 Å². The Morgan fingerprint density at radius 2 is 2.14 bits per heavy atom. The number of nitrogens with zero attached hydrogens (tertiary/aromatic N) is 3. The van der Waals surface area contributed by atoms with Crippen molar-refractivity contribution < 1.29 is 9.90 Å². The smallest absolute Gasteiger partial charge is 0.312 e. The second-order valence-electron chi connectivity index (χ2n) is 4.95. The van der Waals surface area contributed by atoms with E-state index in [1.54, 1.807) is 18.3 Å². The SMILES string of the molecule is N#Cc1ncccc1N1Cc2ccccc2C(C(=O)O)C1. The van der Waals surface area contributed by atoms with Gasteiger partial charge in [0.1, 0.15) is 6.07 Å². The highest BCUT2D eigenvalue weighted by atomic mass is 16.4. The molecular weight excluding hydrogens is 266 g/mol. The largest absolute Gasteiger partial charge is 0.481 e. The van der Waals surface area contributed by atoms with Crippen LogP contribution in [0.4, 0.5) is 5.69 Å². The zero-order valence-electron chi connectivity index (χ0n) is 11.2. The van der Waals surface area contributed by atoms with E-state index in [0.29, 0.717) is 24.5 Å². The van der Waals surface area contributed by atoms with Gasteiger partial charge in [-0.2, -0.15) is 5.26 Å². The van der Waals surface area contributed by atoms with Gasteiger partial charge in [-0.15, -0.1) is 0 Å². The maximum Gasteiger partial charge on any atom is 0.312 e. The first-order valence-corrected chi connectivity index (χ1v) is 6.61. The van der Waals surface area contributed by atoms with Gasteiger partial charge in [0.25, 0.3) is 0 Å². The summed E-state index contributed by atoms with van der Waals surface area (Å²) in [5.41, 5.74) is 2.83. The topological polar surface area (TPSA) is 77.2 Å². The molecule has 1 N–H and O–H groups in total. The molecular formula is C16H13N3O2. The fraction of sp³-hybridized carbons (Fsp3) is 0.188. The summed E-state index contributed by atoms with van der Waals surface area (Å²) in [5, 5.41) is 18.6. The Labute approximate surface area is 122 Å². The molecule has 21 heavy (non-hydrogen) atoms. The normalized spacial score (nSPS) is 16.9. The average molecular weight is 279 g/mol. The molecule has 1 unspecified atom stereocenters. The molecule has 0 spiro atoms. The first-order chi connectivity index (χ1) is 10.2. The van der Waals surface area contributed by atoms with E-state index in [1.807, 2.05) is 29.2 Å². The molecule has 0 radical (unpaired) electrons. The van der Waals surface area contributed by atoms with Gasteiger partial charge in [-0.25, -0.2) is 4.98 Å². The summed E-state index contributed by atoms with van der Waals surface area (Å²) in [5.74, 6) is -1.45. The highest BCUT2D eigenvalue weighted by Gasteiger charge is 2.31. The number of carboxylic acids is 1. The van der Waals surface area contributed by atoms with Crippen LogP contribution in [0.25, 0.3) is 0 Å². The Bertz CT molecular complexity index is 736. The van der Waals surface area contributed by atoms with Crippen LogP contribution >= 0.6 is 0 Å². The third kappa shape index (κ3) is 2.32. The fourth-order valence-electron chi connectivity index (χ4n) is 2.74. The molecule has 0 aliphatic carbocycles. The number of hydrogen-bond donors (Lipinski definition) is 1. The lowest BCUT2D eigenvalue weighted by molar-refractivity contribution is -0.138. The molecule has 2 aromatic rings. The number of rotatable bonds is 2. The highest BCUT2D eigenvalue weighted by molar-refractivity contribution is 5.79. The quantitative estimate of drug-likeness (QED) is 0.911. The number of nitriles is 1. The summed E-state index contributed by atoms with van der Waals surface area (Å²) in [6, 6.07) is 13.2. The number of aliphatic carboxylic acids is 1. The van der Waals surface area contributed by atoms with Gasteiger partial charge in [-0.1, -0.05) is 24.3 Å². The predicted octanol–water partition coefficient (Wildman–Crippen LogP) is 2.14. The van der Waals surface area contributed by atoms with Crippen LogP contribution in [0.5, 0.6) is 0 Å². The maximum atomic E-state index is 11.5.